The van der Waals surface area contributed by atoms with Gasteiger partial charge >= 0.3 is 10.2 Å². The van der Waals surface area contributed by atoms with E-state index in [0.29, 0.717) is 17.7 Å². The van der Waals surface area contributed by atoms with Crippen LogP contribution in [0, 0.1) is 18.4 Å². The average Bonchev–Trinajstić information content (AvgIpc) is 3.22. The van der Waals surface area contributed by atoms with Crippen LogP contribution in [0.4, 0.5) is 33.9 Å². The Balaban J connectivity index is 1.84. The van der Waals surface area contributed by atoms with E-state index in [4.69, 9.17) is 0 Å². The van der Waals surface area contributed by atoms with Gasteiger partial charge in [0.2, 0.25) is 11.8 Å². The van der Waals surface area contributed by atoms with E-state index in [-0.39, 0.29) is 43.5 Å². The number of β-amino-alcohol motifs (C(OH)–C–C–N with tert-alkyl or cyclic N) is 1. The van der Waals surface area contributed by atoms with E-state index in [1.54, 1.807) is 13.1 Å². The van der Waals surface area contributed by atoms with Gasteiger partial charge in [-0.2, -0.15) is 5.26 Å². The predicted molar refractivity (Wildman–Crippen MR) is 144 cm³/mol. The molecule has 2 fully saturated rings. The second kappa shape index (κ2) is 10.3. The smallest absolute Gasteiger partial charge is 0.310 e. The van der Waals surface area contributed by atoms with E-state index in [1.807, 2.05) is 0 Å². The molecule has 0 spiro atoms. The van der Waals surface area contributed by atoms with Crippen molar-refractivity contribution in [2.24, 2.45) is 0 Å². The molecular formula is C27H30F7N5O3S. The molecule has 0 bridgehead atoms. The van der Waals surface area contributed by atoms with Crippen molar-refractivity contribution < 1.29 is 42.9 Å². The molecule has 1 aromatic carbocycles. The van der Waals surface area contributed by atoms with Crippen LogP contribution in [0.15, 0.2) is 47.6 Å². The highest BCUT2D eigenvalue weighted by Crippen LogP contribution is 3.02. The molecule has 0 radical (unpaired) electrons. The van der Waals surface area contributed by atoms with Crippen LogP contribution < -0.4 is 10.2 Å². The van der Waals surface area contributed by atoms with Crippen LogP contribution in [0.3, 0.4) is 0 Å². The number of rotatable bonds is 7. The lowest BCUT2D eigenvalue weighted by Crippen LogP contribution is -2.52. The Labute approximate surface area is 243 Å². The third-order valence-electron chi connectivity index (χ3n) is 7.68. The minimum atomic E-state index is -10.1. The van der Waals surface area contributed by atoms with Crippen molar-refractivity contribution in [3.8, 4) is 6.19 Å². The van der Waals surface area contributed by atoms with Crippen LogP contribution in [0.1, 0.15) is 56.2 Å². The van der Waals surface area contributed by atoms with Gasteiger partial charge in [0, 0.05) is 48.9 Å². The van der Waals surface area contributed by atoms with Crippen molar-refractivity contribution >= 4 is 27.7 Å². The number of nitriles is 1. The molecule has 3 atom stereocenters. The molecule has 2 aliphatic rings. The molecule has 1 aliphatic heterocycles. The number of likely N-dealkylation sites (tertiary alicyclic amines) is 1. The van der Waals surface area contributed by atoms with Crippen molar-refractivity contribution in [3.63, 3.8) is 0 Å². The minimum Gasteiger partial charge on any atom is -0.388 e. The average molecular weight is 638 g/mol. The van der Waals surface area contributed by atoms with E-state index >= 15 is 0 Å². The van der Waals surface area contributed by atoms with E-state index in [1.165, 1.54) is 25.4 Å². The number of hydrogen-bond donors (Lipinski definition) is 2. The van der Waals surface area contributed by atoms with Gasteiger partial charge in [-0.3, -0.25) is 24.4 Å². The van der Waals surface area contributed by atoms with Crippen molar-refractivity contribution in [1.29, 1.82) is 5.26 Å². The van der Waals surface area contributed by atoms with Gasteiger partial charge in [0.05, 0.1) is 12.1 Å². The van der Waals surface area contributed by atoms with Gasteiger partial charge < -0.3 is 10.4 Å². The van der Waals surface area contributed by atoms with Gasteiger partial charge in [-0.05, 0) is 62.6 Å². The number of amides is 2. The highest BCUT2D eigenvalue weighted by atomic mass is 32.5. The van der Waals surface area contributed by atoms with E-state index < -0.39 is 75.1 Å². The highest BCUT2D eigenvalue weighted by Gasteiger charge is 2.65. The lowest BCUT2D eigenvalue weighted by Gasteiger charge is -2.41. The van der Waals surface area contributed by atoms with Crippen LogP contribution >= 0.6 is 10.2 Å². The molecule has 4 rings (SSSR count). The zero-order valence-electron chi connectivity index (χ0n) is 23.1. The zero-order valence-corrected chi connectivity index (χ0v) is 23.9. The summed E-state index contributed by atoms with van der Waals surface area (Å²) in [5, 5.41) is 22.9. The monoisotopic (exact) mass is 637 g/mol. The molecule has 1 aliphatic carbocycles. The first kappa shape index (κ1) is 32.3. The zero-order chi connectivity index (χ0) is 32.1. The number of aromatic nitrogens is 1. The quantitative estimate of drug-likeness (QED) is 0.280. The third-order valence-corrected chi connectivity index (χ3v) is 8.84. The molecule has 1 saturated carbocycles. The lowest BCUT2D eigenvalue weighted by molar-refractivity contribution is -0.129. The molecule has 2 aromatic rings. The number of aryl methyl sites for hydroxylation is 1. The fourth-order valence-corrected chi connectivity index (χ4v) is 6.10. The Morgan fingerprint density at radius 2 is 1.74 bits per heavy atom. The highest BCUT2D eigenvalue weighted by molar-refractivity contribution is 8.45. The van der Waals surface area contributed by atoms with Gasteiger partial charge in [0.1, 0.15) is 17.0 Å². The molecule has 2 N–H and O–H groups in total. The first-order valence-electron chi connectivity index (χ1n) is 13.3. The summed E-state index contributed by atoms with van der Waals surface area (Å²) in [5.74, 6) is -4.78. The van der Waals surface area contributed by atoms with Gasteiger partial charge in [-0.15, -0.1) is 0 Å². The summed E-state index contributed by atoms with van der Waals surface area (Å²) in [5.41, 5.74) is -1.39. The number of hydrogen-bond acceptors (Lipinski definition) is 6. The van der Waals surface area contributed by atoms with Crippen LogP contribution in [-0.2, 0) is 9.59 Å². The number of alkyl halides is 2. The first-order chi connectivity index (χ1) is 19.6. The Morgan fingerprint density at radius 3 is 2.28 bits per heavy atom. The van der Waals surface area contributed by atoms with E-state index in [9.17, 15) is 48.2 Å². The number of carbonyl (C=O) groups is 2. The molecule has 2 unspecified atom stereocenters. The van der Waals surface area contributed by atoms with Crippen molar-refractivity contribution in [2.45, 2.75) is 80.5 Å². The third kappa shape index (κ3) is 7.32. The van der Waals surface area contributed by atoms with Crippen molar-refractivity contribution in [1.82, 2.24) is 15.2 Å². The molecule has 8 nitrogen and oxygen atoms in total. The lowest BCUT2D eigenvalue weighted by atomic mass is 9.91. The van der Waals surface area contributed by atoms with Gasteiger partial charge in [0.25, 0.3) is 5.91 Å². The number of aliphatic hydroxyl groups is 1. The van der Waals surface area contributed by atoms with E-state index in [2.05, 4.69) is 10.3 Å². The summed E-state index contributed by atoms with van der Waals surface area (Å²) in [6.45, 7) is 2.67. The molecular weight excluding hydrogens is 607 g/mol. The Bertz CT molecular complexity index is 1440. The first-order valence-corrected chi connectivity index (χ1v) is 15.2. The number of carbonyl (C=O) groups excluding carboxylic acids is 2. The van der Waals surface area contributed by atoms with Gasteiger partial charge in [-0.25, -0.2) is 8.78 Å². The van der Waals surface area contributed by atoms with E-state index in [0.717, 1.165) is 9.80 Å². The summed E-state index contributed by atoms with van der Waals surface area (Å²) in [6.07, 6.45) is 2.95. The van der Waals surface area contributed by atoms with Gasteiger partial charge in [-0.1, -0.05) is 19.4 Å². The van der Waals surface area contributed by atoms with Gasteiger partial charge in [0.15, 0.2) is 6.19 Å². The van der Waals surface area contributed by atoms with Crippen LogP contribution in [0.5, 0.6) is 0 Å². The fourth-order valence-electron chi connectivity index (χ4n) is 5.45. The number of benzene rings is 1. The Kier molecular flexibility index (Phi) is 7.71. The summed E-state index contributed by atoms with van der Waals surface area (Å²) >= 11 is 0. The van der Waals surface area contributed by atoms with Crippen LogP contribution in [-0.4, -0.2) is 57.0 Å². The predicted octanol–water partition coefficient (Wildman–Crippen LogP) is 6.12. The summed E-state index contributed by atoms with van der Waals surface area (Å²) in [4.78, 5) is 31.6. The normalized spacial score (nSPS) is 24.8. The molecule has 2 amide bonds. The largest absolute Gasteiger partial charge is 0.388 e. The fraction of sp³-hybridized carbons (Fsp3) is 0.481. The van der Waals surface area contributed by atoms with Crippen LogP contribution in [0.25, 0.3) is 0 Å². The summed E-state index contributed by atoms with van der Waals surface area (Å²) in [7, 11) is -10.1. The molecule has 16 heteroatoms. The molecule has 1 saturated heterocycles. The Morgan fingerprint density at radius 1 is 1.14 bits per heavy atom. The molecule has 43 heavy (non-hydrogen) atoms. The van der Waals surface area contributed by atoms with Crippen molar-refractivity contribution in [2.75, 3.05) is 11.4 Å². The summed E-state index contributed by atoms with van der Waals surface area (Å²) < 4.78 is 95.1. The number of halogens is 7. The maximum absolute atomic E-state index is 14.2. The SMILES string of the molecule is Cc1ccncc1C(C(=O)NC1CCC(F)(F)CC1)N(C(=O)C1C[C@@](C)(O)CN1C#N)c1ccc(S(F)(F)(F)(F)F)cc1. The van der Waals surface area contributed by atoms with Crippen molar-refractivity contribution in [3.05, 3.63) is 53.9 Å². The topological polar surface area (TPSA) is 110 Å². The Hall–Kier alpha value is -3.58. The van der Waals surface area contributed by atoms with Crippen LogP contribution in [0.2, 0.25) is 0 Å². The second-order valence-corrected chi connectivity index (χ2v) is 13.8. The molecule has 1 aromatic heterocycles. The number of nitrogens with zero attached hydrogens (tertiary/aromatic N) is 4. The minimum absolute atomic E-state index is 0.0856. The second-order valence-electron chi connectivity index (χ2n) is 11.4. The number of pyridine rings is 1. The molecule has 2 heterocycles. The molecule has 236 valence electrons. The standard InChI is InChI=1S/C27H30F7N5O3S/c1-17-9-12-36-14-21(17)23(24(40)37-18-7-10-27(28,29)11-8-18)39(25(41)22-13-26(2,42)15-38(22)16-35)19-3-5-20(6-4-19)43(30,31,32,33)34/h3-6,9,12,14,18,22-23,42H,7-8,10-11,13,15H2,1-2H3,(H,37,40)/t22?,23?,26-/m1/s1. The maximum Gasteiger partial charge on any atom is 0.310 e. The maximum atomic E-state index is 14.2. The summed E-state index contributed by atoms with van der Waals surface area (Å²) in [6, 6.07) is -0.849. The number of nitrogens with one attached hydrogen (secondary N) is 1. The number of anilines is 1.